The summed E-state index contributed by atoms with van der Waals surface area (Å²) in [6.07, 6.45) is 7.80. The monoisotopic (exact) mass is 258 g/mol. The number of aromatic amines is 1. The molecule has 0 spiro atoms. The lowest BCUT2D eigenvalue weighted by Gasteiger charge is -2.11. The molecule has 1 saturated carbocycles. The van der Waals surface area contributed by atoms with Crippen molar-refractivity contribution >= 4 is 10.9 Å². The van der Waals surface area contributed by atoms with Gasteiger partial charge >= 0.3 is 0 Å². The van der Waals surface area contributed by atoms with Crippen molar-refractivity contribution in [3.05, 3.63) is 36.0 Å². The van der Waals surface area contributed by atoms with Crippen LogP contribution in [0.15, 0.2) is 30.5 Å². The van der Waals surface area contributed by atoms with E-state index in [-0.39, 0.29) is 0 Å². The van der Waals surface area contributed by atoms with Gasteiger partial charge in [0.05, 0.1) is 12.7 Å². The first kappa shape index (κ1) is 12.7. The molecule has 2 N–H and O–H groups in total. The molecule has 3 nitrogen and oxygen atoms in total. The Labute approximate surface area is 114 Å². The number of nitrogens with one attached hydrogen (secondary N) is 2. The molecule has 3 heteroatoms. The first-order valence-corrected chi connectivity index (χ1v) is 7.31. The van der Waals surface area contributed by atoms with Crippen LogP contribution in [0.25, 0.3) is 10.9 Å². The molecule has 1 aliphatic rings. The lowest BCUT2D eigenvalue weighted by atomic mass is 10.2. The quantitative estimate of drug-likeness (QED) is 0.781. The van der Waals surface area contributed by atoms with Crippen LogP contribution in [0.1, 0.15) is 31.2 Å². The predicted octanol–water partition coefficient (Wildman–Crippen LogP) is 3.22. The summed E-state index contributed by atoms with van der Waals surface area (Å²) in [5.74, 6) is 0. The normalized spacial score (nSPS) is 16.4. The largest absolute Gasteiger partial charge is 0.377 e. The molecule has 1 fully saturated rings. The first-order valence-electron chi connectivity index (χ1n) is 7.31. The van der Waals surface area contributed by atoms with Gasteiger partial charge in [-0.25, -0.2) is 0 Å². The van der Waals surface area contributed by atoms with Crippen LogP contribution in [0.5, 0.6) is 0 Å². The molecule has 2 aromatic rings. The highest BCUT2D eigenvalue weighted by Gasteiger charge is 2.14. The van der Waals surface area contributed by atoms with Crippen LogP contribution in [-0.4, -0.2) is 24.2 Å². The van der Waals surface area contributed by atoms with Crippen molar-refractivity contribution in [2.24, 2.45) is 0 Å². The van der Waals surface area contributed by atoms with Crippen LogP contribution in [-0.2, 0) is 11.3 Å². The zero-order valence-corrected chi connectivity index (χ0v) is 11.3. The molecule has 102 valence electrons. The van der Waals surface area contributed by atoms with E-state index >= 15 is 0 Å². The minimum absolute atomic E-state index is 0.523. The van der Waals surface area contributed by atoms with Gasteiger partial charge in [-0.05, 0) is 24.5 Å². The number of ether oxygens (including phenoxy) is 1. The van der Waals surface area contributed by atoms with Crippen molar-refractivity contribution in [1.29, 1.82) is 0 Å². The fraction of sp³-hybridized carbons (Fsp3) is 0.500. The number of H-pyrrole nitrogens is 1. The lowest BCUT2D eigenvalue weighted by molar-refractivity contribution is 0.0603. The van der Waals surface area contributed by atoms with Gasteiger partial charge in [-0.15, -0.1) is 0 Å². The Hall–Kier alpha value is -1.32. The van der Waals surface area contributed by atoms with Crippen LogP contribution < -0.4 is 5.32 Å². The molecule has 0 aliphatic heterocycles. The second-order valence-electron chi connectivity index (χ2n) is 5.31. The Kier molecular flexibility index (Phi) is 4.16. The van der Waals surface area contributed by atoms with Gasteiger partial charge in [-0.1, -0.05) is 31.0 Å². The van der Waals surface area contributed by atoms with Crippen molar-refractivity contribution in [3.8, 4) is 0 Å². The van der Waals surface area contributed by atoms with Crippen molar-refractivity contribution in [2.45, 2.75) is 38.3 Å². The van der Waals surface area contributed by atoms with Gasteiger partial charge < -0.3 is 15.0 Å². The van der Waals surface area contributed by atoms with E-state index in [1.54, 1.807) is 0 Å². The van der Waals surface area contributed by atoms with Gasteiger partial charge in [0.2, 0.25) is 0 Å². The summed E-state index contributed by atoms with van der Waals surface area (Å²) in [4.78, 5) is 3.30. The summed E-state index contributed by atoms with van der Waals surface area (Å²) >= 11 is 0. The minimum Gasteiger partial charge on any atom is -0.377 e. The summed E-state index contributed by atoms with van der Waals surface area (Å²) in [5, 5.41) is 4.77. The lowest BCUT2D eigenvalue weighted by Crippen LogP contribution is -2.21. The van der Waals surface area contributed by atoms with E-state index in [0.717, 1.165) is 19.7 Å². The summed E-state index contributed by atoms with van der Waals surface area (Å²) in [5.41, 5.74) is 2.54. The Morgan fingerprint density at radius 1 is 1.21 bits per heavy atom. The Balaban J connectivity index is 1.42. The molecular weight excluding hydrogens is 236 g/mol. The molecule has 0 radical (unpaired) electrons. The van der Waals surface area contributed by atoms with Crippen molar-refractivity contribution in [2.75, 3.05) is 13.2 Å². The zero-order valence-electron chi connectivity index (χ0n) is 11.3. The molecule has 0 bridgehead atoms. The van der Waals surface area contributed by atoms with Gasteiger partial charge in [0.25, 0.3) is 0 Å². The second kappa shape index (κ2) is 6.22. The van der Waals surface area contributed by atoms with E-state index in [1.165, 1.54) is 42.1 Å². The maximum atomic E-state index is 5.84. The third kappa shape index (κ3) is 3.17. The number of hydrogen-bond donors (Lipinski definition) is 2. The molecular formula is C16H22N2O. The van der Waals surface area contributed by atoms with Gasteiger partial charge in [0, 0.05) is 30.2 Å². The maximum Gasteiger partial charge on any atom is 0.0594 e. The van der Waals surface area contributed by atoms with Gasteiger partial charge in [-0.2, -0.15) is 0 Å². The average Bonchev–Trinajstić information content (AvgIpc) is 3.08. The summed E-state index contributed by atoms with van der Waals surface area (Å²) in [6.45, 7) is 2.65. The van der Waals surface area contributed by atoms with E-state index in [1.807, 2.05) is 0 Å². The number of aromatic nitrogens is 1. The Morgan fingerprint density at radius 2 is 2.05 bits per heavy atom. The molecule has 0 amide bonds. The molecule has 0 unspecified atom stereocenters. The number of benzene rings is 1. The predicted molar refractivity (Wildman–Crippen MR) is 78.2 cm³/mol. The van der Waals surface area contributed by atoms with Gasteiger partial charge in [0.1, 0.15) is 0 Å². The molecule has 19 heavy (non-hydrogen) atoms. The smallest absolute Gasteiger partial charge is 0.0594 e. The van der Waals surface area contributed by atoms with Crippen molar-refractivity contribution in [3.63, 3.8) is 0 Å². The molecule has 1 aromatic carbocycles. The van der Waals surface area contributed by atoms with Gasteiger partial charge in [-0.3, -0.25) is 0 Å². The van der Waals surface area contributed by atoms with Gasteiger partial charge in [0.15, 0.2) is 0 Å². The Bertz CT molecular complexity index is 514. The molecule has 1 aromatic heterocycles. The van der Waals surface area contributed by atoms with E-state index < -0.39 is 0 Å². The summed E-state index contributed by atoms with van der Waals surface area (Å²) in [7, 11) is 0. The molecule has 0 saturated heterocycles. The van der Waals surface area contributed by atoms with Crippen molar-refractivity contribution in [1.82, 2.24) is 10.3 Å². The van der Waals surface area contributed by atoms with E-state index in [4.69, 9.17) is 4.74 Å². The van der Waals surface area contributed by atoms with Crippen molar-refractivity contribution < 1.29 is 4.74 Å². The number of rotatable bonds is 6. The van der Waals surface area contributed by atoms with Crippen LogP contribution >= 0.6 is 0 Å². The van der Waals surface area contributed by atoms with Crippen LogP contribution in [0.2, 0.25) is 0 Å². The standard InChI is InChI=1S/C16H22N2O/c1-2-6-14(5-1)19-10-9-17-11-13-12-18-16-8-4-3-7-15(13)16/h3-4,7-8,12,14,17-18H,1-2,5-6,9-11H2. The highest BCUT2D eigenvalue weighted by Crippen LogP contribution is 2.20. The maximum absolute atomic E-state index is 5.84. The molecule has 3 rings (SSSR count). The number of para-hydroxylation sites is 1. The topological polar surface area (TPSA) is 37.0 Å². The second-order valence-corrected chi connectivity index (χ2v) is 5.31. The third-order valence-corrected chi connectivity index (χ3v) is 3.92. The summed E-state index contributed by atoms with van der Waals surface area (Å²) < 4.78 is 5.84. The molecule has 1 heterocycles. The number of fused-ring (bicyclic) bond motifs is 1. The van der Waals surface area contributed by atoms with E-state index in [2.05, 4.69) is 40.8 Å². The molecule has 0 atom stereocenters. The third-order valence-electron chi connectivity index (χ3n) is 3.92. The van der Waals surface area contributed by atoms with Crippen LogP contribution in [0, 0.1) is 0 Å². The highest BCUT2D eigenvalue weighted by molar-refractivity contribution is 5.82. The zero-order chi connectivity index (χ0) is 12.9. The van der Waals surface area contributed by atoms with E-state index in [0.29, 0.717) is 6.10 Å². The van der Waals surface area contributed by atoms with Crippen LogP contribution in [0.4, 0.5) is 0 Å². The average molecular weight is 258 g/mol. The SMILES string of the molecule is c1ccc2c(CNCCOC3CCCC3)c[nH]c2c1. The fourth-order valence-corrected chi connectivity index (χ4v) is 2.85. The highest BCUT2D eigenvalue weighted by atomic mass is 16.5. The Morgan fingerprint density at radius 3 is 2.95 bits per heavy atom. The fourth-order valence-electron chi connectivity index (χ4n) is 2.85. The molecule has 1 aliphatic carbocycles. The number of hydrogen-bond acceptors (Lipinski definition) is 2. The van der Waals surface area contributed by atoms with Crippen LogP contribution in [0.3, 0.4) is 0 Å². The van der Waals surface area contributed by atoms with E-state index in [9.17, 15) is 0 Å². The first-order chi connectivity index (χ1) is 9.43. The summed E-state index contributed by atoms with van der Waals surface area (Å²) in [6, 6.07) is 8.42. The minimum atomic E-state index is 0.523.